The fourth-order valence-corrected chi connectivity index (χ4v) is 2.51. The summed E-state index contributed by atoms with van der Waals surface area (Å²) in [5.74, 6) is 0.870. The summed E-state index contributed by atoms with van der Waals surface area (Å²) < 4.78 is 9.94. The lowest BCUT2D eigenvalue weighted by Gasteiger charge is -2.09. The highest BCUT2D eigenvalue weighted by atomic mass is 79.9. The number of hydrogen-bond acceptors (Lipinski definition) is 2. The number of rotatable bonds is 4. The van der Waals surface area contributed by atoms with Gasteiger partial charge in [-0.1, -0.05) is 15.9 Å². The molecular weight excluding hydrogens is 372 g/mol. The van der Waals surface area contributed by atoms with Crippen LogP contribution in [0.15, 0.2) is 27.1 Å². The van der Waals surface area contributed by atoms with E-state index in [-0.39, 0.29) is 0 Å². The summed E-state index contributed by atoms with van der Waals surface area (Å²) in [5.41, 5.74) is 3.23. The first-order chi connectivity index (χ1) is 9.02. The average Bonchev–Trinajstić information content (AvgIpc) is 2.67. The van der Waals surface area contributed by atoms with E-state index in [1.807, 2.05) is 36.7 Å². The lowest BCUT2D eigenvalue weighted by molar-refractivity contribution is 0.291. The van der Waals surface area contributed by atoms with Crippen molar-refractivity contribution in [1.29, 1.82) is 0 Å². The first-order valence-electron chi connectivity index (χ1n) is 6.13. The number of halogens is 2. The summed E-state index contributed by atoms with van der Waals surface area (Å²) >= 11 is 7.06. The van der Waals surface area contributed by atoms with Crippen LogP contribution >= 0.6 is 31.9 Å². The molecule has 0 fully saturated rings. The van der Waals surface area contributed by atoms with Crippen molar-refractivity contribution in [3.05, 3.63) is 44.1 Å². The van der Waals surface area contributed by atoms with Crippen molar-refractivity contribution in [2.45, 2.75) is 33.9 Å². The van der Waals surface area contributed by atoms with Crippen LogP contribution in [-0.4, -0.2) is 9.78 Å². The molecule has 1 aromatic carbocycles. The van der Waals surface area contributed by atoms with Gasteiger partial charge in [0.2, 0.25) is 0 Å². The Balaban J connectivity index is 2.16. The number of hydrogen-bond donors (Lipinski definition) is 0. The van der Waals surface area contributed by atoms with Gasteiger partial charge in [0.15, 0.2) is 0 Å². The van der Waals surface area contributed by atoms with Crippen LogP contribution in [0.2, 0.25) is 0 Å². The summed E-state index contributed by atoms with van der Waals surface area (Å²) in [4.78, 5) is 0. The first kappa shape index (κ1) is 14.6. The molecule has 0 atom stereocenters. The van der Waals surface area contributed by atoms with Crippen LogP contribution in [0.25, 0.3) is 0 Å². The van der Waals surface area contributed by atoms with Crippen molar-refractivity contribution in [1.82, 2.24) is 9.78 Å². The lowest BCUT2D eigenvalue weighted by Crippen LogP contribution is -2.06. The SMILES string of the molecule is CCn1nc(C)c(Br)c1COc1ccc(Br)c(C)c1. The highest BCUT2D eigenvalue weighted by molar-refractivity contribution is 9.10. The molecule has 19 heavy (non-hydrogen) atoms. The third-order valence-electron chi connectivity index (χ3n) is 2.96. The van der Waals surface area contributed by atoms with E-state index in [1.54, 1.807) is 0 Å². The van der Waals surface area contributed by atoms with Crippen LogP contribution in [0.4, 0.5) is 0 Å². The third kappa shape index (κ3) is 3.20. The zero-order valence-corrected chi connectivity index (χ0v) is 14.4. The Morgan fingerprint density at radius 2 is 2.00 bits per heavy atom. The molecule has 0 spiro atoms. The number of aryl methyl sites for hydroxylation is 3. The van der Waals surface area contributed by atoms with Gasteiger partial charge in [-0.25, -0.2) is 0 Å². The van der Waals surface area contributed by atoms with E-state index < -0.39 is 0 Å². The zero-order valence-electron chi connectivity index (χ0n) is 11.2. The van der Waals surface area contributed by atoms with E-state index in [9.17, 15) is 0 Å². The summed E-state index contributed by atoms with van der Waals surface area (Å²) in [6.45, 7) is 7.46. The molecule has 5 heteroatoms. The monoisotopic (exact) mass is 386 g/mol. The molecule has 0 radical (unpaired) electrons. The van der Waals surface area contributed by atoms with Gasteiger partial charge in [0, 0.05) is 11.0 Å². The second-order valence-electron chi connectivity index (χ2n) is 4.36. The van der Waals surface area contributed by atoms with Gasteiger partial charge in [0.25, 0.3) is 0 Å². The predicted octanol–water partition coefficient (Wildman–Crippen LogP) is 4.62. The second-order valence-corrected chi connectivity index (χ2v) is 6.01. The molecule has 1 aromatic heterocycles. The van der Waals surface area contributed by atoms with E-state index in [2.05, 4.69) is 43.9 Å². The summed E-state index contributed by atoms with van der Waals surface area (Å²) in [6, 6.07) is 5.99. The normalized spacial score (nSPS) is 10.8. The van der Waals surface area contributed by atoms with Crippen molar-refractivity contribution < 1.29 is 4.74 Å². The van der Waals surface area contributed by atoms with Gasteiger partial charge in [0.05, 0.1) is 15.9 Å². The summed E-state index contributed by atoms with van der Waals surface area (Å²) in [6.07, 6.45) is 0. The van der Waals surface area contributed by atoms with Crippen LogP contribution in [0, 0.1) is 13.8 Å². The smallest absolute Gasteiger partial charge is 0.131 e. The zero-order chi connectivity index (χ0) is 14.0. The van der Waals surface area contributed by atoms with Gasteiger partial charge >= 0.3 is 0 Å². The molecular formula is C14H16Br2N2O. The van der Waals surface area contributed by atoms with Crippen molar-refractivity contribution in [3.63, 3.8) is 0 Å². The van der Waals surface area contributed by atoms with Gasteiger partial charge in [-0.15, -0.1) is 0 Å². The summed E-state index contributed by atoms with van der Waals surface area (Å²) in [7, 11) is 0. The highest BCUT2D eigenvalue weighted by Gasteiger charge is 2.12. The molecule has 3 nitrogen and oxygen atoms in total. The molecule has 1 heterocycles. The van der Waals surface area contributed by atoms with Crippen molar-refractivity contribution >= 4 is 31.9 Å². The van der Waals surface area contributed by atoms with E-state index >= 15 is 0 Å². The maximum absolute atomic E-state index is 5.85. The minimum atomic E-state index is 0.510. The third-order valence-corrected chi connectivity index (χ3v) is 4.88. The topological polar surface area (TPSA) is 27.1 Å². The Morgan fingerprint density at radius 1 is 1.26 bits per heavy atom. The fraction of sp³-hybridized carbons (Fsp3) is 0.357. The number of benzene rings is 1. The molecule has 0 aliphatic carbocycles. The lowest BCUT2D eigenvalue weighted by atomic mass is 10.2. The Kier molecular flexibility index (Phi) is 4.68. The van der Waals surface area contributed by atoms with Crippen LogP contribution in [0.1, 0.15) is 23.9 Å². The molecule has 0 saturated heterocycles. The molecule has 2 aromatic rings. The Bertz CT molecular complexity index is 593. The van der Waals surface area contributed by atoms with Gasteiger partial charge < -0.3 is 4.74 Å². The van der Waals surface area contributed by atoms with Crippen molar-refractivity contribution in [2.24, 2.45) is 0 Å². The molecule has 0 aliphatic heterocycles. The van der Waals surface area contributed by atoms with E-state index in [0.29, 0.717) is 6.61 Å². The standard InChI is InChI=1S/C14H16Br2N2O/c1-4-18-13(14(16)10(3)17-18)8-19-11-5-6-12(15)9(2)7-11/h5-7H,4,8H2,1-3H3. The summed E-state index contributed by atoms with van der Waals surface area (Å²) in [5, 5.41) is 4.45. The maximum Gasteiger partial charge on any atom is 0.131 e. The van der Waals surface area contributed by atoms with Gasteiger partial charge in [-0.3, -0.25) is 4.68 Å². The van der Waals surface area contributed by atoms with Crippen LogP contribution < -0.4 is 4.74 Å². The quantitative estimate of drug-likeness (QED) is 0.764. The molecule has 2 rings (SSSR count). The van der Waals surface area contributed by atoms with Gasteiger partial charge in [-0.05, 0) is 60.5 Å². The molecule has 0 aliphatic rings. The minimum absolute atomic E-state index is 0.510. The van der Waals surface area contributed by atoms with Crippen LogP contribution in [0.3, 0.4) is 0 Å². The molecule has 102 valence electrons. The van der Waals surface area contributed by atoms with Crippen LogP contribution in [-0.2, 0) is 13.2 Å². The molecule has 0 N–H and O–H groups in total. The average molecular weight is 388 g/mol. The maximum atomic E-state index is 5.85. The Hall–Kier alpha value is -0.810. The molecule has 0 unspecified atom stereocenters. The van der Waals surface area contributed by atoms with Crippen molar-refractivity contribution in [3.8, 4) is 5.75 Å². The molecule has 0 bridgehead atoms. The van der Waals surface area contributed by atoms with Gasteiger partial charge in [-0.2, -0.15) is 5.10 Å². The minimum Gasteiger partial charge on any atom is -0.487 e. The Labute approximate surface area is 130 Å². The van der Waals surface area contributed by atoms with Crippen molar-refractivity contribution in [2.75, 3.05) is 0 Å². The number of nitrogens with zero attached hydrogens (tertiary/aromatic N) is 2. The van der Waals surface area contributed by atoms with Gasteiger partial charge in [0.1, 0.15) is 12.4 Å². The van der Waals surface area contributed by atoms with E-state index in [4.69, 9.17) is 4.74 Å². The largest absolute Gasteiger partial charge is 0.487 e. The Morgan fingerprint density at radius 3 is 2.63 bits per heavy atom. The van der Waals surface area contributed by atoms with E-state index in [0.717, 1.165) is 38.2 Å². The molecule has 0 saturated carbocycles. The predicted molar refractivity (Wildman–Crippen MR) is 83.5 cm³/mol. The number of ether oxygens (including phenoxy) is 1. The highest BCUT2D eigenvalue weighted by Crippen LogP contribution is 2.25. The fourth-order valence-electron chi connectivity index (χ4n) is 1.87. The molecule has 0 amide bonds. The van der Waals surface area contributed by atoms with E-state index in [1.165, 1.54) is 0 Å². The first-order valence-corrected chi connectivity index (χ1v) is 7.72. The second kappa shape index (κ2) is 6.09. The number of aromatic nitrogens is 2. The van der Waals surface area contributed by atoms with Crippen LogP contribution in [0.5, 0.6) is 5.75 Å².